The molecule has 0 aliphatic carbocycles. The van der Waals surface area contributed by atoms with Crippen LogP contribution in [0.3, 0.4) is 0 Å². The molecular weight excluding hydrogens is 271 g/mol. The van der Waals surface area contributed by atoms with Gasteiger partial charge in [-0.2, -0.15) is 0 Å². The molecule has 0 bridgehead atoms. The molecule has 0 aliphatic rings. The molecule has 0 fully saturated rings. The number of rotatable bonds is 4. The second-order valence-corrected chi connectivity index (χ2v) is 5.11. The highest BCUT2D eigenvalue weighted by atomic mass is 32.2. The summed E-state index contributed by atoms with van der Waals surface area (Å²) in [6.07, 6.45) is 0. The fourth-order valence-electron chi connectivity index (χ4n) is 1.60. The molecule has 0 radical (unpaired) electrons. The summed E-state index contributed by atoms with van der Waals surface area (Å²) in [5.41, 5.74) is 6.53. The molecule has 0 aromatic heterocycles. The molecule has 1 unspecified atom stereocenters. The average Bonchev–Trinajstić information content (AvgIpc) is 2.39. The Kier molecular flexibility index (Phi) is 4.50. The van der Waals surface area contributed by atoms with E-state index in [4.69, 9.17) is 5.73 Å². The van der Waals surface area contributed by atoms with Gasteiger partial charge >= 0.3 is 0 Å². The summed E-state index contributed by atoms with van der Waals surface area (Å²) in [6, 6.07) is 8.76. The van der Waals surface area contributed by atoms with E-state index in [1.807, 2.05) is 0 Å². The van der Waals surface area contributed by atoms with E-state index in [9.17, 15) is 13.2 Å². The Morgan fingerprint density at radius 1 is 1.00 bits per heavy atom. The molecule has 2 N–H and O–H groups in total. The zero-order valence-electron chi connectivity index (χ0n) is 9.95. The Balaban J connectivity index is 2.04. The van der Waals surface area contributed by atoms with Gasteiger partial charge in [0.25, 0.3) is 0 Å². The minimum absolute atomic E-state index is 0.201. The van der Waals surface area contributed by atoms with Crippen molar-refractivity contribution in [2.75, 3.05) is 5.75 Å². The van der Waals surface area contributed by atoms with Gasteiger partial charge in [0, 0.05) is 16.7 Å². The number of hydrogen-bond acceptors (Lipinski definition) is 2. The van der Waals surface area contributed by atoms with Crippen molar-refractivity contribution in [3.05, 3.63) is 65.5 Å². The standard InChI is InChI=1S/C14H12F3NS/c15-10-3-1-2-9(6-10)13(18)8-19-14-7-11(16)4-5-12(14)17/h1-7,13H,8,18H2. The maximum absolute atomic E-state index is 13.4. The minimum atomic E-state index is -0.497. The van der Waals surface area contributed by atoms with Crippen molar-refractivity contribution < 1.29 is 13.2 Å². The van der Waals surface area contributed by atoms with Gasteiger partial charge in [-0.05, 0) is 35.9 Å². The average molecular weight is 283 g/mol. The molecule has 19 heavy (non-hydrogen) atoms. The molecular formula is C14H12F3NS. The topological polar surface area (TPSA) is 26.0 Å². The van der Waals surface area contributed by atoms with Crippen LogP contribution in [0.1, 0.15) is 11.6 Å². The van der Waals surface area contributed by atoms with Gasteiger partial charge < -0.3 is 5.73 Å². The van der Waals surface area contributed by atoms with Crippen molar-refractivity contribution in [2.24, 2.45) is 5.73 Å². The van der Waals surface area contributed by atoms with E-state index in [2.05, 4.69) is 0 Å². The van der Waals surface area contributed by atoms with Crippen LogP contribution in [-0.4, -0.2) is 5.75 Å². The van der Waals surface area contributed by atoms with Crippen molar-refractivity contribution in [3.63, 3.8) is 0 Å². The third-order valence-corrected chi connectivity index (χ3v) is 3.74. The molecule has 0 saturated carbocycles. The van der Waals surface area contributed by atoms with Crippen molar-refractivity contribution >= 4 is 11.8 Å². The summed E-state index contributed by atoms with van der Waals surface area (Å²) in [4.78, 5) is 0.201. The lowest BCUT2D eigenvalue weighted by atomic mass is 10.1. The van der Waals surface area contributed by atoms with E-state index >= 15 is 0 Å². The second-order valence-electron chi connectivity index (χ2n) is 4.05. The van der Waals surface area contributed by atoms with Gasteiger partial charge in [0.1, 0.15) is 17.5 Å². The normalized spacial score (nSPS) is 12.4. The lowest BCUT2D eigenvalue weighted by Gasteiger charge is -2.12. The second kappa shape index (κ2) is 6.12. The molecule has 0 heterocycles. The van der Waals surface area contributed by atoms with E-state index in [-0.39, 0.29) is 10.7 Å². The highest BCUT2D eigenvalue weighted by molar-refractivity contribution is 7.99. The predicted octanol–water partition coefficient (Wildman–Crippen LogP) is 3.90. The quantitative estimate of drug-likeness (QED) is 0.861. The first-order valence-electron chi connectivity index (χ1n) is 5.65. The molecule has 1 atom stereocenters. The molecule has 5 heteroatoms. The number of nitrogens with two attached hydrogens (primary N) is 1. The summed E-state index contributed by atoms with van der Waals surface area (Å²) in [6.45, 7) is 0. The first-order valence-corrected chi connectivity index (χ1v) is 6.64. The predicted molar refractivity (Wildman–Crippen MR) is 70.4 cm³/mol. The van der Waals surface area contributed by atoms with Crippen LogP contribution >= 0.6 is 11.8 Å². The Morgan fingerprint density at radius 2 is 1.74 bits per heavy atom. The Labute approximate surface area is 113 Å². The number of halogens is 3. The lowest BCUT2D eigenvalue weighted by Crippen LogP contribution is -2.13. The van der Waals surface area contributed by atoms with Crippen LogP contribution in [0, 0.1) is 17.5 Å². The molecule has 0 aliphatic heterocycles. The Hall–Kier alpha value is -1.46. The molecule has 2 aromatic rings. The minimum Gasteiger partial charge on any atom is -0.323 e. The Morgan fingerprint density at radius 3 is 2.47 bits per heavy atom. The van der Waals surface area contributed by atoms with Crippen LogP contribution in [0.4, 0.5) is 13.2 Å². The van der Waals surface area contributed by atoms with Gasteiger partial charge in [0.05, 0.1) is 0 Å². The van der Waals surface area contributed by atoms with E-state index in [0.717, 1.165) is 30.0 Å². The Bertz CT molecular complexity index is 574. The van der Waals surface area contributed by atoms with Crippen molar-refractivity contribution in [1.29, 1.82) is 0 Å². The maximum Gasteiger partial charge on any atom is 0.136 e. The molecule has 1 nitrogen and oxygen atoms in total. The number of thioether (sulfide) groups is 1. The summed E-state index contributed by atoms with van der Waals surface area (Å²) >= 11 is 1.11. The van der Waals surface area contributed by atoms with E-state index in [1.165, 1.54) is 12.1 Å². The number of benzene rings is 2. The van der Waals surface area contributed by atoms with Crippen LogP contribution in [0.15, 0.2) is 47.4 Å². The maximum atomic E-state index is 13.4. The molecule has 100 valence electrons. The third-order valence-electron chi connectivity index (χ3n) is 2.59. The molecule has 2 aromatic carbocycles. The SMILES string of the molecule is NC(CSc1cc(F)ccc1F)c1cccc(F)c1. The summed E-state index contributed by atoms with van der Waals surface area (Å²) < 4.78 is 39.4. The van der Waals surface area contributed by atoms with Crippen LogP contribution in [0.2, 0.25) is 0 Å². The van der Waals surface area contributed by atoms with Crippen LogP contribution < -0.4 is 5.73 Å². The van der Waals surface area contributed by atoms with Crippen molar-refractivity contribution in [1.82, 2.24) is 0 Å². The van der Waals surface area contributed by atoms with Gasteiger partial charge in [0.2, 0.25) is 0 Å². The van der Waals surface area contributed by atoms with Crippen molar-refractivity contribution in [3.8, 4) is 0 Å². The van der Waals surface area contributed by atoms with E-state index in [1.54, 1.807) is 12.1 Å². The third kappa shape index (κ3) is 3.75. The first-order chi connectivity index (χ1) is 9.06. The van der Waals surface area contributed by atoms with Gasteiger partial charge in [-0.25, -0.2) is 13.2 Å². The van der Waals surface area contributed by atoms with E-state index in [0.29, 0.717) is 11.3 Å². The fourth-order valence-corrected chi connectivity index (χ4v) is 2.55. The highest BCUT2D eigenvalue weighted by Crippen LogP contribution is 2.26. The smallest absolute Gasteiger partial charge is 0.136 e. The highest BCUT2D eigenvalue weighted by Gasteiger charge is 2.10. The summed E-state index contributed by atoms with van der Waals surface area (Å²) in [5, 5.41) is 0. The zero-order valence-corrected chi connectivity index (χ0v) is 10.8. The number of hydrogen-bond donors (Lipinski definition) is 1. The fraction of sp³-hybridized carbons (Fsp3) is 0.143. The van der Waals surface area contributed by atoms with Gasteiger partial charge in [-0.15, -0.1) is 11.8 Å². The van der Waals surface area contributed by atoms with Gasteiger partial charge in [-0.1, -0.05) is 12.1 Å². The van der Waals surface area contributed by atoms with Crippen molar-refractivity contribution in [2.45, 2.75) is 10.9 Å². The lowest BCUT2D eigenvalue weighted by molar-refractivity contribution is 0.577. The monoisotopic (exact) mass is 283 g/mol. The van der Waals surface area contributed by atoms with Crippen LogP contribution in [0.25, 0.3) is 0 Å². The zero-order chi connectivity index (χ0) is 13.8. The molecule has 0 saturated heterocycles. The summed E-state index contributed by atoms with van der Waals surface area (Å²) in [5.74, 6) is -1.01. The van der Waals surface area contributed by atoms with E-state index < -0.39 is 17.7 Å². The largest absolute Gasteiger partial charge is 0.323 e. The van der Waals surface area contributed by atoms with Crippen LogP contribution in [-0.2, 0) is 0 Å². The molecule has 0 spiro atoms. The molecule has 2 rings (SSSR count). The summed E-state index contributed by atoms with van der Waals surface area (Å²) in [7, 11) is 0. The molecule has 0 amide bonds. The van der Waals surface area contributed by atoms with Gasteiger partial charge in [0.15, 0.2) is 0 Å². The van der Waals surface area contributed by atoms with Gasteiger partial charge in [-0.3, -0.25) is 0 Å². The first kappa shape index (κ1) is 14.0. The van der Waals surface area contributed by atoms with Crippen LogP contribution in [0.5, 0.6) is 0 Å².